The van der Waals surface area contributed by atoms with Gasteiger partial charge in [-0.25, -0.2) is 0 Å². The fraction of sp³-hybridized carbons (Fsp3) is 0.182. The van der Waals surface area contributed by atoms with Crippen LogP contribution in [0, 0.1) is 10.1 Å². The molecule has 1 aromatic carbocycles. The molecule has 0 aliphatic rings. The zero-order valence-electron chi connectivity index (χ0n) is 9.90. The first kappa shape index (κ1) is 12.7. The van der Waals surface area contributed by atoms with Gasteiger partial charge in [0.15, 0.2) is 0 Å². The highest BCUT2D eigenvalue weighted by Crippen LogP contribution is 2.23. The Labute approximate surface area is 107 Å². The second-order valence-corrected chi connectivity index (χ2v) is 3.52. The normalized spacial score (nSPS) is 10.2. The lowest BCUT2D eigenvalue weighted by Crippen LogP contribution is -2.05. The van der Waals surface area contributed by atoms with Gasteiger partial charge in [0.25, 0.3) is 5.69 Å². The first-order chi connectivity index (χ1) is 9.10. The number of nitro groups is 1. The highest BCUT2D eigenvalue weighted by molar-refractivity contribution is 5.71. The highest BCUT2D eigenvalue weighted by Gasteiger charge is 2.14. The van der Waals surface area contributed by atoms with Crippen LogP contribution in [0.25, 0.3) is 11.4 Å². The van der Waals surface area contributed by atoms with Crippen LogP contribution >= 0.6 is 0 Å². The summed E-state index contributed by atoms with van der Waals surface area (Å²) in [4.78, 5) is 25.0. The minimum absolute atomic E-state index is 0.0885. The van der Waals surface area contributed by atoms with Gasteiger partial charge in [-0.2, -0.15) is 4.98 Å². The van der Waals surface area contributed by atoms with Gasteiger partial charge in [0, 0.05) is 24.1 Å². The van der Waals surface area contributed by atoms with E-state index in [1.807, 2.05) is 0 Å². The summed E-state index contributed by atoms with van der Waals surface area (Å²) in [7, 11) is 0. The van der Waals surface area contributed by atoms with Crippen LogP contribution in [0.3, 0.4) is 0 Å². The van der Waals surface area contributed by atoms with Gasteiger partial charge >= 0.3 is 12.0 Å². The van der Waals surface area contributed by atoms with E-state index in [2.05, 4.69) is 10.1 Å². The molecule has 0 saturated heterocycles. The van der Waals surface area contributed by atoms with Gasteiger partial charge in [-0.3, -0.25) is 19.4 Å². The minimum atomic E-state index is -0.526. The van der Waals surface area contributed by atoms with Crippen molar-refractivity contribution in [2.24, 2.45) is 0 Å². The van der Waals surface area contributed by atoms with E-state index in [-0.39, 0.29) is 24.0 Å². The summed E-state index contributed by atoms with van der Waals surface area (Å²) >= 11 is 0. The Bertz CT molecular complexity index is 622. The van der Waals surface area contributed by atoms with Crippen molar-refractivity contribution in [1.29, 1.82) is 0 Å². The summed E-state index contributed by atoms with van der Waals surface area (Å²) in [6, 6.07) is 5.74. The zero-order valence-corrected chi connectivity index (χ0v) is 9.90. The van der Waals surface area contributed by atoms with Crippen molar-refractivity contribution < 1.29 is 19.0 Å². The molecular formula is C11H9N3O5. The number of nitrogens with zero attached hydrogens (tertiary/aromatic N) is 3. The maximum atomic E-state index is 11.0. The van der Waals surface area contributed by atoms with Crippen LogP contribution in [-0.4, -0.2) is 21.0 Å². The third-order valence-corrected chi connectivity index (χ3v) is 2.21. The molecule has 19 heavy (non-hydrogen) atoms. The molecule has 0 spiro atoms. The molecule has 1 heterocycles. The average Bonchev–Trinajstić information content (AvgIpc) is 2.87. The SMILES string of the molecule is CCC(=O)Oc1nc(-c2cccc([N+](=O)[O-])c2)no1. The average molecular weight is 263 g/mol. The quantitative estimate of drug-likeness (QED) is 0.471. The molecule has 2 aromatic rings. The number of carbonyl (C=O) groups is 1. The molecule has 0 N–H and O–H groups in total. The molecule has 0 aliphatic heterocycles. The van der Waals surface area contributed by atoms with Gasteiger partial charge in [0.2, 0.25) is 5.82 Å². The molecule has 98 valence electrons. The number of aromatic nitrogens is 2. The minimum Gasteiger partial charge on any atom is -0.376 e. The number of ether oxygens (including phenoxy) is 1. The third-order valence-electron chi connectivity index (χ3n) is 2.21. The van der Waals surface area contributed by atoms with Gasteiger partial charge in [-0.05, 0) is 0 Å². The predicted octanol–water partition coefficient (Wildman–Crippen LogP) is 1.96. The number of rotatable bonds is 4. The van der Waals surface area contributed by atoms with Crippen LogP contribution in [0.1, 0.15) is 13.3 Å². The van der Waals surface area contributed by atoms with Crippen molar-refractivity contribution in [1.82, 2.24) is 10.1 Å². The molecule has 8 heteroatoms. The first-order valence-electron chi connectivity index (χ1n) is 5.39. The molecule has 0 unspecified atom stereocenters. The molecule has 0 bridgehead atoms. The van der Waals surface area contributed by atoms with Crippen LogP contribution < -0.4 is 4.74 Å². The molecule has 0 aliphatic carbocycles. The van der Waals surface area contributed by atoms with Gasteiger partial charge in [0.05, 0.1) is 4.92 Å². The van der Waals surface area contributed by atoms with Gasteiger partial charge in [0.1, 0.15) is 0 Å². The van der Waals surface area contributed by atoms with Crippen molar-refractivity contribution in [3.8, 4) is 17.5 Å². The Morgan fingerprint density at radius 1 is 1.53 bits per heavy atom. The Morgan fingerprint density at radius 2 is 2.32 bits per heavy atom. The van der Waals surface area contributed by atoms with Crippen LogP contribution in [-0.2, 0) is 4.79 Å². The van der Waals surface area contributed by atoms with Crippen LogP contribution in [0.4, 0.5) is 5.69 Å². The maximum Gasteiger partial charge on any atom is 0.425 e. The monoisotopic (exact) mass is 263 g/mol. The molecule has 0 radical (unpaired) electrons. The molecule has 0 atom stereocenters. The lowest BCUT2D eigenvalue weighted by atomic mass is 10.2. The van der Waals surface area contributed by atoms with E-state index < -0.39 is 10.9 Å². The van der Waals surface area contributed by atoms with Gasteiger partial charge < -0.3 is 4.74 Å². The van der Waals surface area contributed by atoms with E-state index in [4.69, 9.17) is 9.26 Å². The van der Waals surface area contributed by atoms with Crippen LogP contribution in [0.5, 0.6) is 6.08 Å². The summed E-state index contributed by atoms with van der Waals surface area (Å²) in [6.07, 6.45) is -0.109. The fourth-order valence-electron chi connectivity index (χ4n) is 1.30. The van der Waals surface area contributed by atoms with Crippen molar-refractivity contribution in [3.05, 3.63) is 34.4 Å². The Balaban J connectivity index is 2.25. The summed E-state index contributed by atoms with van der Waals surface area (Å²) in [5.74, 6) is -0.392. The molecule has 8 nitrogen and oxygen atoms in total. The number of hydrogen-bond donors (Lipinski definition) is 0. The van der Waals surface area contributed by atoms with Gasteiger partial charge in [-0.1, -0.05) is 24.2 Å². The summed E-state index contributed by atoms with van der Waals surface area (Å²) in [5, 5.41) is 14.2. The van der Waals surface area contributed by atoms with Crippen molar-refractivity contribution in [2.75, 3.05) is 0 Å². The molecular weight excluding hydrogens is 254 g/mol. The summed E-state index contributed by atoms with van der Waals surface area (Å²) < 4.78 is 9.45. The maximum absolute atomic E-state index is 11.0. The van der Waals surface area contributed by atoms with E-state index in [1.165, 1.54) is 18.2 Å². The summed E-state index contributed by atoms with van der Waals surface area (Å²) in [5.41, 5.74) is 0.311. The molecule has 0 saturated carbocycles. The van der Waals surface area contributed by atoms with E-state index in [1.54, 1.807) is 13.0 Å². The topological polar surface area (TPSA) is 108 Å². The molecule has 2 rings (SSSR count). The number of carbonyl (C=O) groups excluding carboxylic acids is 1. The molecule has 1 aromatic heterocycles. The molecule has 0 amide bonds. The Morgan fingerprint density at radius 3 is 3.00 bits per heavy atom. The van der Waals surface area contributed by atoms with Crippen molar-refractivity contribution in [3.63, 3.8) is 0 Å². The van der Waals surface area contributed by atoms with Crippen LogP contribution in [0.15, 0.2) is 28.8 Å². The number of hydrogen-bond acceptors (Lipinski definition) is 7. The predicted molar refractivity (Wildman–Crippen MR) is 62.3 cm³/mol. The van der Waals surface area contributed by atoms with E-state index in [9.17, 15) is 14.9 Å². The smallest absolute Gasteiger partial charge is 0.376 e. The second kappa shape index (κ2) is 5.25. The lowest BCUT2D eigenvalue weighted by molar-refractivity contribution is -0.384. The standard InChI is InChI=1S/C11H9N3O5/c1-2-9(15)18-11-12-10(13-19-11)7-4-3-5-8(6-7)14(16)17/h3-6H,2H2,1H3. The number of esters is 1. The number of benzene rings is 1. The number of nitro benzene ring substituents is 1. The Kier molecular flexibility index (Phi) is 3.51. The Hall–Kier alpha value is -2.77. The van der Waals surface area contributed by atoms with Gasteiger partial charge in [-0.15, -0.1) is 0 Å². The summed E-state index contributed by atoms with van der Waals surface area (Å²) in [6.45, 7) is 1.63. The van der Waals surface area contributed by atoms with E-state index in [0.29, 0.717) is 5.56 Å². The van der Waals surface area contributed by atoms with Crippen LogP contribution in [0.2, 0.25) is 0 Å². The van der Waals surface area contributed by atoms with Crippen molar-refractivity contribution in [2.45, 2.75) is 13.3 Å². The first-order valence-corrected chi connectivity index (χ1v) is 5.39. The lowest BCUT2D eigenvalue weighted by Gasteiger charge is -1.94. The highest BCUT2D eigenvalue weighted by atomic mass is 16.7. The van der Waals surface area contributed by atoms with E-state index >= 15 is 0 Å². The fourth-order valence-corrected chi connectivity index (χ4v) is 1.30. The molecule has 0 fully saturated rings. The zero-order chi connectivity index (χ0) is 13.8. The van der Waals surface area contributed by atoms with E-state index in [0.717, 1.165) is 0 Å². The largest absolute Gasteiger partial charge is 0.425 e. The second-order valence-electron chi connectivity index (χ2n) is 3.52. The number of non-ortho nitro benzene ring substituents is 1. The van der Waals surface area contributed by atoms with Crippen molar-refractivity contribution >= 4 is 11.7 Å². The third kappa shape index (κ3) is 2.92.